The molecule has 0 bridgehead atoms. The van der Waals surface area contributed by atoms with Gasteiger partial charge in [0.05, 0.1) is 18.2 Å². The molecule has 1 aliphatic rings. The SMILES string of the molecule is Cc1nc(C)n(CC2CCCCN2C(=O)c2ccc(C#N)nc2)n1. The lowest BCUT2D eigenvalue weighted by molar-refractivity contribution is 0.0582. The summed E-state index contributed by atoms with van der Waals surface area (Å²) in [6.45, 7) is 5.19. The van der Waals surface area contributed by atoms with E-state index in [1.54, 1.807) is 12.1 Å². The van der Waals surface area contributed by atoms with Crippen molar-refractivity contribution >= 4 is 5.91 Å². The Morgan fingerprint density at radius 1 is 1.38 bits per heavy atom. The minimum atomic E-state index is -0.0359. The molecule has 0 aliphatic carbocycles. The van der Waals surface area contributed by atoms with E-state index in [1.165, 1.54) is 6.20 Å². The summed E-state index contributed by atoms with van der Waals surface area (Å²) in [5.74, 6) is 1.58. The zero-order valence-corrected chi connectivity index (χ0v) is 13.9. The van der Waals surface area contributed by atoms with Crippen LogP contribution in [-0.4, -0.2) is 43.1 Å². The summed E-state index contributed by atoms with van der Waals surface area (Å²) in [5.41, 5.74) is 0.836. The lowest BCUT2D eigenvalue weighted by Crippen LogP contribution is -2.46. The Bertz CT molecular complexity index is 773. The van der Waals surface area contributed by atoms with Gasteiger partial charge >= 0.3 is 0 Å². The summed E-state index contributed by atoms with van der Waals surface area (Å²) in [4.78, 5) is 23.1. The third-order valence-electron chi connectivity index (χ3n) is 4.36. The van der Waals surface area contributed by atoms with Gasteiger partial charge in [-0.15, -0.1) is 0 Å². The van der Waals surface area contributed by atoms with Crippen LogP contribution in [0.4, 0.5) is 0 Å². The maximum absolute atomic E-state index is 12.8. The van der Waals surface area contributed by atoms with Crippen LogP contribution in [0, 0.1) is 25.2 Å². The second-order valence-corrected chi connectivity index (χ2v) is 6.08. The van der Waals surface area contributed by atoms with Gasteiger partial charge in [0.15, 0.2) is 0 Å². The lowest BCUT2D eigenvalue weighted by Gasteiger charge is -2.35. The molecule has 1 amide bonds. The molecule has 1 atom stereocenters. The molecule has 24 heavy (non-hydrogen) atoms. The summed E-state index contributed by atoms with van der Waals surface area (Å²) in [6, 6.07) is 5.32. The molecule has 2 aromatic heterocycles. The van der Waals surface area contributed by atoms with Crippen molar-refractivity contribution in [3.8, 4) is 6.07 Å². The first-order valence-corrected chi connectivity index (χ1v) is 8.13. The number of carbonyl (C=O) groups is 1. The second-order valence-electron chi connectivity index (χ2n) is 6.08. The van der Waals surface area contributed by atoms with E-state index in [0.29, 0.717) is 17.8 Å². The van der Waals surface area contributed by atoms with Gasteiger partial charge in [0.25, 0.3) is 5.91 Å². The van der Waals surface area contributed by atoms with E-state index in [4.69, 9.17) is 5.26 Å². The van der Waals surface area contributed by atoms with Gasteiger partial charge < -0.3 is 4.90 Å². The molecular formula is C17H20N6O. The fourth-order valence-corrected chi connectivity index (χ4v) is 3.14. The number of hydrogen-bond donors (Lipinski definition) is 0. The number of nitriles is 1. The molecule has 0 saturated carbocycles. The molecule has 7 heteroatoms. The standard InChI is InChI=1S/C17H20N6O/c1-12-20-13(2)23(21-12)11-16-5-3-4-8-22(16)17(24)14-6-7-15(9-18)19-10-14/h6-7,10,16H,3-5,8,11H2,1-2H3. The molecule has 1 fully saturated rings. The summed E-state index contributed by atoms with van der Waals surface area (Å²) in [6.07, 6.45) is 4.54. The summed E-state index contributed by atoms with van der Waals surface area (Å²) >= 11 is 0. The molecule has 1 unspecified atom stereocenters. The predicted molar refractivity (Wildman–Crippen MR) is 87.1 cm³/mol. The third-order valence-corrected chi connectivity index (χ3v) is 4.36. The van der Waals surface area contributed by atoms with Crippen LogP contribution in [-0.2, 0) is 6.54 Å². The fraction of sp³-hybridized carbons (Fsp3) is 0.471. The van der Waals surface area contributed by atoms with Gasteiger partial charge in [-0.1, -0.05) is 0 Å². The topological polar surface area (TPSA) is 87.7 Å². The number of amides is 1. The van der Waals surface area contributed by atoms with Gasteiger partial charge in [-0.05, 0) is 45.2 Å². The molecular weight excluding hydrogens is 304 g/mol. The second kappa shape index (κ2) is 6.79. The van der Waals surface area contributed by atoms with Crippen molar-refractivity contribution in [3.05, 3.63) is 41.2 Å². The van der Waals surface area contributed by atoms with Crippen molar-refractivity contribution in [3.63, 3.8) is 0 Å². The van der Waals surface area contributed by atoms with Gasteiger partial charge in [-0.2, -0.15) is 10.4 Å². The highest BCUT2D eigenvalue weighted by Gasteiger charge is 2.28. The maximum atomic E-state index is 12.8. The van der Waals surface area contributed by atoms with Crippen molar-refractivity contribution in [1.29, 1.82) is 5.26 Å². The number of aromatic nitrogens is 4. The molecule has 7 nitrogen and oxygen atoms in total. The number of nitrogens with zero attached hydrogens (tertiary/aromatic N) is 6. The van der Waals surface area contributed by atoms with Crippen molar-refractivity contribution < 1.29 is 4.79 Å². The molecule has 0 N–H and O–H groups in total. The number of carbonyl (C=O) groups excluding carboxylic acids is 1. The molecule has 124 valence electrons. The minimum Gasteiger partial charge on any atom is -0.334 e. The Morgan fingerprint density at radius 2 is 2.21 bits per heavy atom. The number of pyridine rings is 1. The Kier molecular flexibility index (Phi) is 4.56. The average Bonchev–Trinajstić information content (AvgIpc) is 2.92. The van der Waals surface area contributed by atoms with Crippen molar-refractivity contribution in [2.24, 2.45) is 0 Å². The van der Waals surface area contributed by atoms with Crippen LogP contribution >= 0.6 is 0 Å². The fourth-order valence-electron chi connectivity index (χ4n) is 3.14. The quantitative estimate of drug-likeness (QED) is 0.860. The van der Waals surface area contributed by atoms with Crippen LogP contribution in [0.25, 0.3) is 0 Å². The molecule has 2 aromatic rings. The normalized spacial score (nSPS) is 17.5. The number of aryl methyl sites for hydroxylation is 2. The zero-order chi connectivity index (χ0) is 17.1. The largest absolute Gasteiger partial charge is 0.334 e. The minimum absolute atomic E-state index is 0.0359. The van der Waals surface area contributed by atoms with Crippen molar-refractivity contribution in [2.75, 3.05) is 6.54 Å². The van der Waals surface area contributed by atoms with E-state index < -0.39 is 0 Å². The molecule has 0 aromatic carbocycles. The van der Waals surface area contributed by atoms with Crippen molar-refractivity contribution in [2.45, 2.75) is 45.7 Å². The first-order valence-electron chi connectivity index (χ1n) is 8.13. The molecule has 1 saturated heterocycles. The van der Waals surface area contributed by atoms with Gasteiger partial charge in [0, 0.05) is 12.7 Å². The average molecular weight is 324 g/mol. The third kappa shape index (κ3) is 3.27. The molecule has 3 heterocycles. The van der Waals surface area contributed by atoms with Gasteiger partial charge in [-0.3, -0.25) is 4.79 Å². The van der Waals surface area contributed by atoms with Crippen molar-refractivity contribution in [1.82, 2.24) is 24.6 Å². The molecule has 3 rings (SSSR count). The monoisotopic (exact) mass is 324 g/mol. The first-order chi connectivity index (χ1) is 11.6. The Balaban J connectivity index is 1.79. The smallest absolute Gasteiger partial charge is 0.255 e. The first kappa shape index (κ1) is 16.1. The van der Waals surface area contributed by atoms with Crippen LogP contribution in [0.1, 0.15) is 47.0 Å². The highest BCUT2D eigenvalue weighted by Crippen LogP contribution is 2.21. The molecule has 0 spiro atoms. The van der Waals surface area contributed by atoms with Crippen LogP contribution in [0.15, 0.2) is 18.3 Å². The van der Waals surface area contributed by atoms with Crippen LogP contribution in [0.3, 0.4) is 0 Å². The van der Waals surface area contributed by atoms with Gasteiger partial charge in [0.2, 0.25) is 0 Å². The number of likely N-dealkylation sites (tertiary alicyclic amines) is 1. The Hall–Kier alpha value is -2.75. The summed E-state index contributed by atoms with van der Waals surface area (Å²) in [7, 11) is 0. The molecule has 1 aliphatic heterocycles. The van der Waals surface area contributed by atoms with Crippen LogP contribution in [0.2, 0.25) is 0 Å². The lowest BCUT2D eigenvalue weighted by atomic mass is 10.0. The Labute approximate surface area is 140 Å². The molecule has 0 radical (unpaired) electrons. The van der Waals surface area contributed by atoms with E-state index in [-0.39, 0.29) is 11.9 Å². The number of hydrogen-bond acceptors (Lipinski definition) is 5. The number of rotatable bonds is 3. The van der Waals surface area contributed by atoms with Crippen LogP contribution in [0.5, 0.6) is 0 Å². The summed E-state index contributed by atoms with van der Waals surface area (Å²) < 4.78 is 1.88. The highest BCUT2D eigenvalue weighted by atomic mass is 16.2. The van der Waals surface area contributed by atoms with E-state index in [2.05, 4.69) is 15.1 Å². The van der Waals surface area contributed by atoms with Gasteiger partial charge in [-0.25, -0.2) is 14.6 Å². The van der Waals surface area contributed by atoms with E-state index in [1.807, 2.05) is 29.5 Å². The maximum Gasteiger partial charge on any atom is 0.255 e. The predicted octanol–water partition coefficient (Wildman–Crippen LogP) is 1.86. The van der Waals surface area contributed by atoms with E-state index >= 15 is 0 Å². The van der Waals surface area contributed by atoms with E-state index in [0.717, 1.165) is 37.5 Å². The summed E-state index contributed by atoms with van der Waals surface area (Å²) in [5, 5.41) is 13.2. The van der Waals surface area contributed by atoms with Crippen LogP contribution < -0.4 is 0 Å². The van der Waals surface area contributed by atoms with E-state index in [9.17, 15) is 4.79 Å². The van der Waals surface area contributed by atoms with Gasteiger partial charge in [0.1, 0.15) is 23.4 Å². The zero-order valence-electron chi connectivity index (χ0n) is 13.9. The Morgan fingerprint density at radius 3 is 2.83 bits per heavy atom. The number of piperidine rings is 1. The highest BCUT2D eigenvalue weighted by molar-refractivity contribution is 5.94.